The monoisotopic (exact) mass is 340 g/mol. The number of anilines is 1. The Kier molecular flexibility index (Phi) is 4.96. The van der Waals surface area contributed by atoms with Crippen molar-refractivity contribution >= 4 is 22.4 Å². The first-order valence-electron chi connectivity index (χ1n) is 7.74. The lowest BCUT2D eigenvalue weighted by Crippen LogP contribution is -2.22. The topological polar surface area (TPSA) is 61.0 Å². The molecule has 0 aliphatic heterocycles. The number of nitrogens with one attached hydrogen (secondary N) is 2. The predicted molar refractivity (Wildman–Crippen MR) is 97.5 cm³/mol. The van der Waals surface area contributed by atoms with Gasteiger partial charge in [0.2, 0.25) is 0 Å². The third-order valence-electron chi connectivity index (χ3n) is 3.59. The second kappa shape index (κ2) is 7.31. The Labute approximate surface area is 145 Å². The number of H-pyrrole nitrogens is 1. The van der Waals surface area contributed by atoms with Gasteiger partial charge < -0.3 is 15.2 Å². The van der Waals surface area contributed by atoms with E-state index >= 15 is 0 Å². The average molecular weight is 340 g/mol. The molecule has 0 aliphatic rings. The number of rotatable bonds is 6. The van der Waals surface area contributed by atoms with Gasteiger partial charge in [0.05, 0.1) is 6.54 Å². The summed E-state index contributed by atoms with van der Waals surface area (Å²) in [5.74, 6) is -0.0272. The van der Waals surface area contributed by atoms with Crippen LogP contribution >= 0.6 is 11.3 Å². The van der Waals surface area contributed by atoms with Crippen molar-refractivity contribution in [3.05, 3.63) is 70.5 Å². The number of carbonyl (C=O) groups excluding carboxylic acids is 1. The first-order chi connectivity index (χ1) is 11.6. The van der Waals surface area contributed by atoms with Gasteiger partial charge in [-0.05, 0) is 17.7 Å². The largest absolute Gasteiger partial charge is 0.356 e. The van der Waals surface area contributed by atoms with Crippen LogP contribution in [-0.2, 0) is 13.0 Å². The normalized spacial score (nSPS) is 10.6. The van der Waals surface area contributed by atoms with E-state index in [0.717, 1.165) is 17.2 Å². The van der Waals surface area contributed by atoms with E-state index in [1.807, 2.05) is 36.5 Å². The minimum absolute atomic E-state index is 0.0272. The van der Waals surface area contributed by atoms with Crippen molar-refractivity contribution in [2.24, 2.45) is 0 Å². The van der Waals surface area contributed by atoms with E-state index < -0.39 is 0 Å². The molecular formula is C18H20N4OS. The molecule has 3 rings (SSSR count). The van der Waals surface area contributed by atoms with Gasteiger partial charge in [-0.1, -0.05) is 30.3 Å². The Hall–Kier alpha value is -2.60. The van der Waals surface area contributed by atoms with E-state index in [9.17, 15) is 4.79 Å². The third-order valence-corrected chi connectivity index (χ3v) is 4.54. The lowest BCUT2D eigenvalue weighted by molar-refractivity contribution is 0.0822. The van der Waals surface area contributed by atoms with Crippen molar-refractivity contribution in [3.8, 4) is 0 Å². The summed E-state index contributed by atoms with van der Waals surface area (Å²) in [6.07, 6.45) is 2.81. The quantitative estimate of drug-likeness (QED) is 0.723. The van der Waals surface area contributed by atoms with E-state index in [0.29, 0.717) is 12.2 Å². The maximum Gasteiger partial charge on any atom is 0.269 e. The molecular weight excluding hydrogens is 320 g/mol. The van der Waals surface area contributed by atoms with Crippen molar-refractivity contribution in [3.63, 3.8) is 0 Å². The zero-order chi connectivity index (χ0) is 16.9. The molecule has 2 N–H and O–H groups in total. The van der Waals surface area contributed by atoms with Gasteiger partial charge in [0.1, 0.15) is 5.69 Å². The van der Waals surface area contributed by atoms with Crippen molar-refractivity contribution in [1.82, 2.24) is 14.9 Å². The highest BCUT2D eigenvalue weighted by molar-refractivity contribution is 7.15. The van der Waals surface area contributed by atoms with Gasteiger partial charge in [-0.3, -0.25) is 4.79 Å². The van der Waals surface area contributed by atoms with Crippen LogP contribution in [0.4, 0.5) is 5.13 Å². The maximum atomic E-state index is 11.9. The molecule has 1 amide bonds. The molecule has 0 aliphatic carbocycles. The standard InChI is InChI=1S/C18H20N4OS/c1-22(2)17(23)16-9-8-14(21-16)11-19-18-20-12-15(24-18)10-13-6-4-3-5-7-13/h3-9,12,21H,10-11H2,1-2H3,(H,19,20). The van der Waals surface area contributed by atoms with Crippen molar-refractivity contribution in [2.75, 3.05) is 19.4 Å². The SMILES string of the molecule is CN(C)C(=O)c1ccc(CNc2ncc(Cc3ccccc3)s2)[nH]1. The van der Waals surface area contributed by atoms with Gasteiger partial charge in [0.15, 0.2) is 5.13 Å². The molecule has 0 atom stereocenters. The Morgan fingerprint density at radius 1 is 1.21 bits per heavy atom. The van der Waals surface area contributed by atoms with E-state index in [1.54, 1.807) is 30.3 Å². The highest BCUT2D eigenvalue weighted by Crippen LogP contribution is 2.21. The molecule has 0 fully saturated rings. The number of thiazole rings is 1. The predicted octanol–water partition coefficient (Wildman–Crippen LogP) is 3.38. The van der Waals surface area contributed by atoms with E-state index in [1.165, 1.54) is 10.4 Å². The summed E-state index contributed by atoms with van der Waals surface area (Å²) in [4.78, 5) is 22.2. The van der Waals surface area contributed by atoms with E-state index in [2.05, 4.69) is 27.4 Å². The van der Waals surface area contributed by atoms with Crippen LogP contribution in [0.2, 0.25) is 0 Å². The zero-order valence-electron chi connectivity index (χ0n) is 13.7. The molecule has 6 heteroatoms. The molecule has 24 heavy (non-hydrogen) atoms. The Balaban J connectivity index is 1.57. The lowest BCUT2D eigenvalue weighted by atomic mass is 10.1. The van der Waals surface area contributed by atoms with Crippen LogP contribution in [0.25, 0.3) is 0 Å². The summed E-state index contributed by atoms with van der Waals surface area (Å²) in [5, 5.41) is 4.19. The highest BCUT2D eigenvalue weighted by atomic mass is 32.1. The fourth-order valence-corrected chi connectivity index (χ4v) is 3.19. The van der Waals surface area contributed by atoms with Crippen LogP contribution in [0.1, 0.15) is 26.6 Å². The zero-order valence-corrected chi connectivity index (χ0v) is 14.6. The molecule has 0 unspecified atom stereocenters. The van der Waals surface area contributed by atoms with Gasteiger partial charge in [-0.25, -0.2) is 4.98 Å². The number of hydrogen-bond acceptors (Lipinski definition) is 4. The second-order valence-electron chi connectivity index (χ2n) is 5.74. The summed E-state index contributed by atoms with van der Waals surface area (Å²) in [6, 6.07) is 14.1. The molecule has 0 spiro atoms. The number of aromatic amines is 1. The molecule has 5 nitrogen and oxygen atoms in total. The van der Waals surface area contributed by atoms with E-state index in [-0.39, 0.29) is 5.91 Å². The van der Waals surface area contributed by atoms with Crippen LogP contribution in [0.5, 0.6) is 0 Å². The lowest BCUT2D eigenvalue weighted by Gasteiger charge is -2.07. The molecule has 0 saturated heterocycles. The van der Waals surface area contributed by atoms with Gasteiger partial charge in [-0.2, -0.15) is 0 Å². The van der Waals surface area contributed by atoms with Crippen LogP contribution in [-0.4, -0.2) is 34.9 Å². The van der Waals surface area contributed by atoms with E-state index in [4.69, 9.17) is 0 Å². The number of hydrogen-bond donors (Lipinski definition) is 2. The van der Waals surface area contributed by atoms with Crippen LogP contribution < -0.4 is 5.32 Å². The smallest absolute Gasteiger partial charge is 0.269 e. The number of benzene rings is 1. The summed E-state index contributed by atoms with van der Waals surface area (Å²) < 4.78 is 0. The van der Waals surface area contributed by atoms with Gasteiger partial charge in [0, 0.05) is 37.3 Å². The molecule has 0 radical (unpaired) electrons. The van der Waals surface area contributed by atoms with Gasteiger partial charge >= 0.3 is 0 Å². The molecule has 2 heterocycles. The fourth-order valence-electron chi connectivity index (χ4n) is 2.35. The summed E-state index contributed by atoms with van der Waals surface area (Å²) in [5.41, 5.74) is 2.84. The minimum Gasteiger partial charge on any atom is -0.356 e. The summed E-state index contributed by atoms with van der Waals surface area (Å²) >= 11 is 1.65. The molecule has 2 aromatic heterocycles. The Morgan fingerprint density at radius 2 is 2.00 bits per heavy atom. The first kappa shape index (κ1) is 16.3. The number of carbonyl (C=O) groups is 1. The Bertz CT molecular complexity index is 807. The van der Waals surface area contributed by atoms with Crippen molar-refractivity contribution < 1.29 is 4.79 Å². The second-order valence-corrected chi connectivity index (χ2v) is 6.86. The summed E-state index contributed by atoms with van der Waals surface area (Å²) in [6.45, 7) is 0.610. The Morgan fingerprint density at radius 3 is 2.75 bits per heavy atom. The molecule has 0 bridgehead atoms. The summed E-state index contributed by atoms with van der Waals surface area (Å²) in [7, 11) is 3.48. The molecule has 3 aromatic rings. The minimum atomic E-state index is -0.0272. The first-order valence-corrected chi connectivity index (χ1v) is 8.55. The molecule has 124 valence electrons. The third kappa shape index (κ3) is 4.02. The molecule has 0 saturated carbocycles. The van der Waals surface area contributed by atoms with Crippen molar-refractivity contribution in [2.45, 2.75) is 13.0 Å². The maximum absolute atomic E-state index is 11.9. The van der Waals surface area contributed by atoms with Crippen molar-refractivity contribution in [1.29, 1.82) is 0 Å². The van der Waals surface area contributed by atoms with Crippen LogP contribution in [0, 0.1) is 0 Å². The van der Waals surface area contributed by atoms with Crippen LogP contribution in [0.15, 0.2) is 48.7 Å². The number of amides is 1. The van der Waals surface area contributed by atoms with Crippen LogP contribution in [0.3, 0.4) is 0 Å². The van der Waals surface area contributed by atoms with Gasteiger partial charge in [0.25, 0.3) is 5.91 Å². The number of aromatic nitrogens is 2. The highest BCUT2D eigenvalue weighted by Gasteiger charge is 2.10. The van der Waals surface area contributed by atoms with Gasteiger partial charge in [-0.15, -0.1) is 11.3 Å². The fraction of sp³-hybridized carbons (Fsp3) is 0.222. The average Bonchev–Trinajstić information content (AvgIpc) is 3.22. The number of nitrogens with zero attached hydrogens (tertiary/aromatic N) is 2. The molecule has 1 aromatic carbocycles.